The molecular formula is C25H36N7O3+. The van der Waals surface area contributed by atoms with Gasteiger partial charge in [0.2, 0.25) is 12.4 Å². The minimum Gasteiger partial charge on any atom is -0.464 e. The number of hydrogen-bond donors (Lipinski definition) is 2. The zero-order valence-electron chi connectivity index (χ0n) is 20.8. The van der Waals surface area contributed by atoms with E-state index in [9.17, 15) is 4.79 Å². The van der Waals surface area contributed by atoms with Gasteiger partial charge in [-0.1, -0.05) is 6.92 Å². The highest BCUT2D eigenvalue weighted by molar-refractivity contribution is 5.74. The number of pyridine rings is 1. The number of nitrogens with zero attached hydrogens (tertiary/aromatic N) is 5. The standard InChI is InChI=1S/C25H36N7O3/c1-4-20-16-28-32-22(27-15-19-8-7-11-30(17-19)34-3)14-23(29-24(20)32)31-12-6-5-9-21(31)10-13-35-25(33)18(2)26/h7-8,11,14,16-18,21,27H,4-6,9-10,12-13,15,26H2,1-3H3/q+1/t18-,21+/m1/s1. The van der Waals surface area contributed by atoms with Gasteiger partial charge in [0.15, 0.2) is 5.65 Å². The molecule has 0 unspecified atom stereocenters. The number of nitrogens with two attached hydrogens (primary N) is 1. The Kier molecular flexibility index (Phi) is 8.02. The minimum absolute atomic E-state index is 0.246. The van der Waals surface area contributed by atoms with E-state index < -0.39 is 6.04 Å². The van der Waals surface area contributed by atoms with Gasteiger partial charge in [0.1, 0.15) is 24.8 Å². The highest BCUT2D eigenvalue weighted by Gasteiger charge is 2.26. The van der Waals surface area contributed by atoms with E-state index in [4.69, 9.17) is 20.3 Å². The van der Waals surface area contributed by atoms with Crippen LogP contribution < -0.4 is 25.5 Å². The van der Waals surface area contributed by atoms with E-state index in [1.54, 1.807) is 18.8 Å². The van der Waals surface area contributed by atoms with Crippen LogP contribution in [0.4, 0.5) is 11.6 Å². The van der Waals surface area contributed by atoms with Gasteiger partial charge in [0.05, 0.1) is 12.8 Å². The highest BCUT2D eigenvalue weighted by Crippen LogP contribution is 2.29. The summed E-state index contributed by atoms with van der Waals surface area (Å²) in [6.45, 7) is 5.64. The van der Waals surface area contributed by atoms with E-state index in [0.29, 0.717) is 13.2 Å². The molecule has 1 aliphatic rings. The normalized spacial score (nSPS) is 16.8. The summed E-state index contributed by atoms with van der Waals surface area (Å²) in [6, 6.07) is 5.71. The molecule has 0 aromatic carbocycles. The van der Waals surface area contributed by atoms with Gasteiger partial charge in [-0.15, -0.1) is 0 Å². The third-order valence-electron chi connectivity index (χ3n) is 6.42. The van der Waals surface area contributed by atoms with Crippen molar-refractivity contribution in [3.05, 3.63) is 47.9 Å². The Balaban J connectivity index is 1.58. The molecule has 10 nitrogen and oxygen atoms in total. The Morgan fingerprint density at radius 1 is 1.40 bits per heavy atom. The molecule has 4 rings (SSSR count). The molecule has 0 saturated carbocycles. The molecular weight excluding hydrogens is 446 g/mol. The van der Waals surface area contributed by atoms with Crippen molar-refractivity contribution in [2.75, 3.05) is 30.5 Å². The van der Waals surface area contributed by atoms with Crippen molar-refractivity contribution in [3.8, 4) is 0 Å². The molecule has 188 valence electrons. The predicted molar refractivity (Wildman–Crippen MR) is 133 cm³/mol. The molecule has 10 heteroatoms. The second-order valence-electron chi connectivity index (χ2n) is 8.95. The van der Waals surface area contributed by atoms with Crippen molar-refractivity contribution in [2.24, 2.45) is 5.73 Å². The first-order valence-corrected chi connectivity index (χ1v) is 12.3. The summed E-state index contributed by atoms with van der Waals surface area (Å²) in [5.41, 5.74) is 8.67. The van der Waals surface area contributed by atoms with E-state index in [1.807, 2.05) is 35.2 Å². The van der Waals surface area contributed by atoms with Crippen LogP contribution in [0, 0.1) is 0 Å². The number of esters is 1. The predicted octanol–water partition coefficient (Wildman–Crippen LogP) is 1.89. The summed E-state index contributed by atoms with van der Waals surface area (Å²) in [6.07, 6.45) is 10.6. The average Bonchev–Trinajstić information content (AvgIpc) is 3.30. The van der Waals surface area contributed by atoms with Crippen LogP contribution in [0.5, 0.6) is 0 Å². The zero-order valence-corrected chi connectivity index (χ0v) is 20.8. The number of anilines is 2. The zero-order chi connectivity index (χ0) is 24.8. The van der Waals surface area contributed by atoms with Crippen LogP contribution in [-0.2, 0) is 22.5 Å². The number of carbonyl (C=O) groups excluding carboxylic acids is 1. The molecule has 3 aromatic rings. The van der Waals surface area contributed by atoms with Crippen molar-refractivity contribution in [1.29, 1.82) is 0 Å². The van der Waals surface area contributed by atoms with Gasteiger partial charge >= 0.3 is 5.97 Å². The summed E-state index contributed by atoms with van der Waals surface area (Å²) in [4.78, 5) is 24.5. The summed E-state index contributed by atoms with van der Waals surface area (Å²) in [5, 5.41) is 8.14. The second kappa shape index (κ2) is 11.4. The SMILES string of the molecule is CCc1cnn2c(NCc3ccc[n+](OC)c3)cc(N3CCCC[C@H]3CCOC(=O)[C@@H](C)N)nc12. The number of fused-ring (bicyclic) bond motifs is 1. The molecule has 2 atom stereocenters. The summed E-state index contributed by atoms with van der Waals surface area (Å²) < 4.78 is 8.91. The number of aryl methyl sites for hydroxylation is 1. The average molecular weight is 483 g/mol. The van der Waals surface area contributed by atoms with Crippen LogP contribution >= 0.6 is 0 Å². The first-order chi connectivity index (χ1) is 17.0. The first kappa shape index (κ1) is 24.7. The molecule has 1 aliphatic heterocycles. The maximum atomic E-state index is 11.8. The van der Waals surface area contributed by atoms with Gasteiger partial charge in [-0.05, 0) is 38.7 Å². The Morgan fingerprint density at radius 3 is 3.03 bits per heavy atom. The number of nitrogens with one attached hydrogen (secondary N) is 1. The monoisotopic (exact) mass is 482 g/mol. The lowest BCUT2D eigenvalue weighted by Gasteiger charge is -2.37. The number of hydrogen-bond acceptors (Lipinski definition) is 8. The van der Waals surface area contributed by atoms with Crippen molar-refractivity contribution in [2.45, 2.75) is 64.6 Å². The molecule has 4 heterocycles. The molecule has 1 saturated heterocycles. The molecule has 3 N–H and O–H groups in total. The fourth-order valence-corrected chi connectivity index (χ4v) is 4.46. The summed E-state index contributed by atoms with van der Waals surface area (Å²) in [7, 11) is 1.64. The molecule has 0 spiro atoms. The molecule has 0 amide bonds. The third-order valence-corrected chi connectivity index (χ3v) is 6.42. The van der Waals surface area contributed by atoms with Gasteiger partial charge < -0.3 is 20.7 Å². The van der Waals surface area contributed by atoms with Crippen LogP contribution in [0.15, 0.2) is 36.8 Å². The number of piperidine rings is 1. The van der Waals surface area contributed by atoms with Gasteiger partial charge in [-0.25, -0.2) is 4.98 Å². The van der Waals surface area contributed by atoms with Crippen LogP contribution in [0.1, 0.15) is 50.7 Å². The van der Waals surface area contributed by atoms with Crippen molar-refractivity contribution < 1.29 is 19.1 Å². The number of carbonyl (C=O) groups is 1. The maximum Gasteiger partial charge on any atom is 0.322 e. The first-order valence-electron chi connectivity index (χ1n) is 12.3. The number of aromatic nitrogens is 4. The smallest absolute Gasteiger partial charge is 0.322 e. The Bertz CT molecular complexity index is 1150. The van der Waals surface area contributed by atoms with Crippen LogP contribution in [0.2, 0.25) is 0 Å². The number of ether oxygens (including phenoxy) is 1. The Labute approximate surface area is 206 Å². The van der Waals surface area contributed by atoms with E-state index in [0.717, 1.165) is 67.1 Å². The molecule has 1 fully saturated rings. The van der Waals surface area contributed by atoms with Crippen LogP contribution in [0.3, 0.4) is 0 Å². The largest absolute Gasteiger partial charge is 0.464 e. The van der Waals surface area contributed by atoms with Crippen molar-refractivity contribution >= 4 is 23.3 Å². The topological polar surface area (TPSA) is 111 Å². The van der Waals surface area contributed by atoms with Gasteiger partial charge in [-0.3, -0.25) is 9.63 Å². The van der Waals surface area contributed by atoms with Crippen LogP contribution in [-0.4, -0.2) is 52.9 Å². The molecule has 0 radical (unpaired) electrons. The fraction of sp³-hybridized carbons (Fsp3) is 0.520. The molecule has 0 bridgehead atoms. The van der Waals surface area contributed by atoms with E-state index in [2.05, 4.69) is 28.3 Å². The lowest BCUT2D eigenvalue weighted by atomic mass is 9.99. The van der Waals surface area contributed by atoms with Crippen molar-refractivity contribution in [3.63, 3.8) is 0 Å². The van der Waals surface area contributed by atoms with Crippen molar-refractivity contribution in [1.82, 2.24) is 14.6 Å². The van der Waals surface area contributed by atoms with E-state index in [1.165, 1.54) is 0 Å². The Morgan fingerprint density at radius 2 is 2.26 bits per heavy atom. The van der Waals surface area contributed by atoms with E-state index >= 15 is 0 Å². The highest BCUT2D eigenvalue weighted by atomic mass is 16.6. The summed E-state index contributed by atoms with van der Waals surface area (Å²) >= 11 is 0. The maximum absolute atomic E-state index is 11.8. The Hall–Kier alpha value is -3.40. The van der Waals surface area contributed by atoms with Gasteiger partial charge in [-0.2, -0.15) is 9.61 Å². The third kappa shape index (κ3) is 5.82. The van der Waals surface area contributed by atoms with E-state index in [-0.39, 0.29) is 12.0 Å². The quantitative estimate of drug-likeness (QED) is 0.333. The van der Waals surface area contributed by atoms with Crippen LogP contribution in [0.25, 0.3) is 5.65 Å². The van der Waals surface area contributed by atoms with Gasteiger partial charge in [0, 0.05) is 53.5 Å². The molecule has 3 aromatic heterocycles. The molecule has 35 heavy (non-hydrogen) atoms. The fourth-order valence-electron chi connectivity index (χ4n) is 4.46. The summed E-state index contributed by atoms with van der Waals surface area (Å²) in [5.74, 6) is 1.43. The minimum atomic E-state index is -0.604. The molecule has 0 aliphatic carbocycles. The lowest BCUT2D eigenvalue weighted by Crippen LogP contribution is -2.41. The lowest BCUT2D eigenvalue weighted by molar-refractivity contribution is -0.885. The second-order valence-corrected chi connectivity index (χ2v) is 8.95. The van der Waals surface area contributed by atoms with Gasteiger partial charge in [0.25, 0.3) is 0 Å². The number of rotatable bonds is 10.